The van der Waals surface area contributed by atoms with Gasteiger partial charge in [0.05, 0.1) is 0 Å². The first kappa shape index (κ1) is 8.53. The maximum absolute atomic E-state index is 10.5. The summed E-state index contributed by atoms with van der Waals surface area (Å²) in [6.45, 7) is 6.02. The first-order valence-electron chi connectivity index (χ1n) is 4.06. The molecule has 3 heteroatoms. The fourth-order valence-corrected chi connectivity index (χ4v) is 1.53. The van der Waals surface area contributed by atoms with Crippen molar-refractivity contribution in [2.24, 2.45) is 0 Å². The van der Waals surface area contributed by atoms with Crippen LogP contribution in [0, 0.1) is 0 Å². The molecule has 64 valence electrons. The molecule has 1 saturated heterocycles. The molecule has 0 radical (unpaired) electrons. The summed E-state index contributed by atoms with van der Waals surface area (Å²) in [5.41, 5.74) is 0. The molecule has 1 heterocycles. The highest BCUT2D eigenvalue weighted by molar-refractivity contribution is 5.47. The number of piperazine rings is 1. The second-order valence-electron chi connectivity index (χ2n) is 3.42. The topological polar surface area (TPSA) is 23.6 Å². The predicted octanol–water partition coefficient (Wildman–Crippen LogP) is 0.167. The van der Waals surface area contributed by atoms with Crippen LogP contribution in [0.25, 0.3) is 0 Å². The van der Waals surface area contributed by atoms with Crippen LogP contribution in [-0.4, -0.2) is 48.4 Å². The van der Waals surface area contributed by atoms with E-state index in [0.717, 1.165) is 19.5 Å². The van der Waals surface area contributed by atoms with E-state index < -0.39 is 0 Å². The fourth-order valence-electron chi connectivity index (χ4n) is 1.53. The number of carbonyl (C=O) groups is 1. The van der Waals surface area contributed by atoms with Crippen LogP contribution in [0.2, 0.25) is 0 Å². The Balaban J connectivity index is 2.54. The lowest BCUT2D eigenvalue weighted by molar-refractivity contribution is -0.121. The highest BCUT2D eigenvalue weighted by Crippen LogP contribution is 2.10. The van der Waals surface area contributed by atoms with Gasteiger partial charge in [0.1, 0.15) is 0 Å². The van der Waals surface area contributed by atoms with Crippen molar-refractivity contribution in [2.75, 3.05) is 20.1 Å². The lowest BCUT2D eigenvalue weighted by Crippen LogP contribution is -2.54. The molecule has 3 nitrogen and oxygen atoms in total. The van der Waals surface area contributed by atoms with Crippen LogP contribution >= 0.6 is 0 Å². The second kappa shape index (κ2) is 3.22. The Kier molecular flexibility index (Phi) is 2.49. The number of rotatable bonds is 1. The Morgan fingerprint density at radius 3 is 2.09 bits per heavy atom. The number of nitrogens with zero attached hydrogens (tertiary/aromatic N) is 2. The van der Waals surface area contributed by atoms with Crippen molar-refractivity contribution >= 4 is 6.41 Å². The van der Waals surface area contributed by atoms with Gasteiger partial charge in [0.15, 0.2) is 0 Å². The van der Waals surface area contributed by atoms with E-state index in [-0.39, 0.29) is 0 Å². The quantitative estimate of drug-likeness (QED) is 0.505. The van der Waals surface area contributed by atoms with Gasteiger partial charge in [-0.1, -0.05) is 0 Å². The average Bonchev–Trinajstić information content (AvgIpc) is 1.99. The average molecular weight is 156 g/mol. The van der Waals surface area contributed by atoms with Crippen molar-refractivity contribution in [2.45, 2.75) is 25.9 Å². The Morgan fingerprint density at radius 1 is 1.27 bits per heavy atom. The van der Waals surface area contributed by atoms with Gasteiger partial charge in [0, 0.05) is 25.2 Å². The number of likely N-dealkylation sites (N-methyl/N-ethyl adjacent to an activating group) is 1. The third-order valence-electron chi connectivity index (χ3n) is 2.54. The van der Waals surface area contributed by atoms with Crippen LogP contribution in [0.5, 0.6) is 0 Å². The SMILES string of the molecule is CC1CN(C=O)CC(C)N1C. The van der Waals surface area contributed by atoms with E-state index in [2.05, 4.69) is 25.8 Å². The summed E-state index contributed by atoms with van der Waals surface area (Å²) < 4.78 is 0. The van der Waals surface area contributed by atoms with Gasteiger partial charge in [-0.2, -0.15) is 0 Å². The van der Waals surface area contributed by atoms with Gasteiger partial charge in [-0.15, -0.1) is 0 Å². The molecule has 0 aromatic rings. The molecule has 0 aromatic carbocycles. The number of hydrogen-bond acceptors (Lipinski definition) is 2. The largest absolute Gasteiger partial charge is 0.342 e. The van der Waals surface area contributed by atoms with Gasteiger partial charge >= 0.3 is 0 Å². The zero-order chi connectivity index (χ0) is 8.43. The number of hydrogen-bond donors (Lipinski definition) is 0. The molecule has 0 spiro atoms. The van der Waals surface area contributed by atoms with E-state index in [1.807, 2.05) is 4.90 Å². The molecular formula is C8H16N2O. The minimum Gasteiger partial charge on any atom is -0.342 e. The van der Waals surface area contributed by atoms with Crippen LogP contribution in [0.3, 0.4) is 0 Å². The van der Waals surface area contributed by atoms with Crippen molar-refractivity contribution in [3.8, 4) is 0 Å². The smallest absolute Gasteiger partial charge is 0.209 e. The summed E-state index contributed by atoms with van der Waals surface area (Å²) in [5, 5.41) is 0. The van der Waals surface area contributed by atoms with E-state index in [9.17, 15) is 4.79 Å². The number of carbonyl (C=O) groups excluding carboxylic acids is 1. The van der Waals surface area contributed by atoms with Crippen molar-refractivity contribution in [1.82, 2.24) is 9.80 Å². The maximum Gasteiger partial charge on any atom is 0.209 e. The standard InChI is InChI=1S/C8H16N2O/c1-7-4-10(6-11)5-8(2)9(7)3/h6-8H,4-5H2,1-3H3. The first-order valence-corrected chi connectivity index (χ1v) is 4.06. The van der Waals surface area contributed by atoms with Crippen LogP contribution in [0.1, 0.15) is 13.8 Å². The molecule has 2 unspecified atom stereocenters. The van der Waals surface area contributed by atoms with Gasteiger partial charge < -0.3 is 4.90 Å². The molecule has 0 N–H and O–H groups in total. The van der Waals surface area contributed by atoms with Crippen molar-refractivity contribution in [3.63, 3.8) is 0 Å². The van der Waals surface area contributed by atoms with Gasteiger partial charge in [0.2, 0.25) is 6.41 Å². The molecule has 0 aliphatic carbocycles. The third-order valence-corrected chi connectivity index (χ3v) is 2.54. The molecule has 0 aromatic heterocycles. The molecule has 2 atom stereocenters. The molecular weight excluding hydrogens is 140 g/mol. The summed E-state index contributed by atoms with van der Waals surface area (Å²) in [5.74, 6) is 0. The Hall–Kier alpha value is -0.570. The van der Waals surface area contributed by atoms with E-state index in [4.69, 9.17) is 0 Å². The molecule has 1 aliphatic rings. The van der Waals surface area contributed by atoms with Crippen molar-refractivity contribution in [3.05, 3.63) is 0 Å². The lowest BCUT2D eigenvalue weighted by Gasteiger charge is -2.40. The summed E-state index contributed by atoms with van der Waals surface area (Å²) in [7, 11) is 2.11. The number of amides is 1. The van der Waals surface area contributed by atoms with Crippen LogP contribution in [-0.2, 0) is 4.79 Å². The second-order valence-corrected chi connectivity index (χ2v) is 3.42. The fraction of sp³-hybridized carbons (Fsp3) is 0.875. The van der Waals surface area contributed by atoms with Crippen molar-refractivity contribution < 1.29 is 4.79 Å². The monoisotopic (exact) mass is 156 g/mol. The van der Waals surface area contributed by atoms with Crippen molar-refractivity contribution in [1.29, 1.82) is 0 Å². The summed E-state index contributed by atoms with van der Waals surface area (Å²) in [4.78, 5) is 14.6. The Morgan fingerprint density at radius 2 is 1.73 bits per heavy atom. The van der Waals surface area contributed by atoms with Crippen LogP contribution in [0.15, 0.2) is 0 Å². The van der Waals surface area contributed by atoms with E-state index in [0.29, 0.717) is 12.1 Å². The van der Waals surface area contributed by atoms with Gasteiger partial charge in [-0.3, -0.25) is 9.69 Å². The van der Waals surface area contributed by atoms with E-state index >= 15 is 0 Å². The normalized spacial score (nSPS) is 33.9. The molecule has 11 heavy (non-hydrogen) atoms. The van der Waals surface area contributed by atoms with Crippen LogP contribution < -0.4 is 0 Å². The highest BCUT2D eigenvalue weighted by Gasteiger charge is 2.24. The molecule has 0 bridgehead atoms. The summed E-state index contributed by atoms with van der Waals surface area (Å²) in [6.07, 6.45) is 0.944. The molecule has 1 amide bonds. The molecule has 1 fully saturated rings. The van der Waals surface area contributed by atoms with Gasteiger partial charge in [0.25, 0.3) is 0 Å². The van der Waals surface area contributed by atoms with Gasteiger partial charge in [-0.25, -0.2) is 0 Å². The van der Waals surface area contributed by atoms with E-state index in [1.165, 1.54) is 0 Å². The Bertz CT molecular complexity index is 137. The third kappa shape index (κ3) is 1.71. The van der Waals surface area contributed by atoms with E-state index in [1.54, 1.807) is 0 Å². The molecule has 0 saturated carbocycles. The summed E-state index contributed by atoms with van der Waals surface area (Å²) in [6, 6.07) is 0.980. The highest BCUT2D eigenvalue weighted by atomic mass is 16.1. The zero-order valence-electron chi connectivity index (χ0n) is 7.45. The van der Waals surface area contributed by atoms with Crippen LogP contribution in [0.4, 0.5) is 0 Å². The lowest BCUT2D eigenvalue weighted by atomic mass is 10.1. The van der Waals surface area contributed by atoms with Gasteiger partial charge in [-0.05, 0) is 20.9 Å². The minimum atomic E-state index is 0.490. The summed E-state index contributed by atoms with van der Waals surface area (Å²) >= 11 is 0. The molecule has 1 aliphatic heterocycles. The Labute approximate surface area is 68.0 Å². The first-order chi connectivity index (χ1) is 5.15. The predicted molar refractivity (Wildman–Crippen MR) is 44.3 cm³/mol. The minimum absolute atomic E-state index is 0.490. The molecule has 1 rings (SSSR count). The maximum atomic E-state index is 10.5. The zero-order valence-corrected chi connectivity index (χ0v) is 7.45.